The number of hydrogen-bond donors (Lipinski definition) is 3. The highest BCUT2D eigenvalue weighted by atomic mass is 19.3. The average molecular weight is 826 g/mol. The van der Waals surface area contributed by atoms with Gasteiger partial charge in [-0.25, -0.2) is 18.3 Å². The highest BCUT2D eigenvalue weighted by Crippen LogP contribution is 2.39. The number of morpholine rings is 1. The van der Waals surface area contributed by atoms with E-state index in [0.29, 0.717) is 29.9 Å². The molecule has 314 valence electrons. The molecule has 6 aliphatic rings. The first-order valence-electron chi connectivity index (χ1n) is 20.7. The van der Waals surface area contributed by atoms with Crippen LogP contribution in [0.25, 0.3) is 5.65 Å². The minimum Gasteiger partial charge on any atom is -0.382 e. The molecule has 2 aliphatic carbocycles. The quantitative estimate of drug-likeness (QED) is 0.186. The van der Waals surface area contributed by atoms with Gasteiger partial charge < -0.3 is 25.2 Å². The standard InChI is InChI=1S/C41H45F2N11O6/c1-50(24-13-22(14-24)45-29-4-2-3-27-34(29)41(59)54(40(27)58)31-9-10-33(55)48-39(31)57)17-21-5-7-23(8-6-21)53-19-30(35(49-53)36(42)43)46-38(56)28-16-44-52-12-11-32(47-37(28)52)51-18-26-15-25(51)20-60-26/h2-4,11-12,16,19,21-26,31,36,45H,5-10,13-15,17-18,20H2,1H3,(H,46,56)(H,48,55,57)/t21?,22?,23?,24?,25-,26-,31?/m1/s1. The number of hydrogen-bond acceptors (Lipinski definition) is 12. The van der Waals surface area contributed by atoms with Crippen LogP contribution in [-0.2, 0) is 14.3 Å². The van der Waals surface area contributed by atoms with Gasteiger partial charge in [0.2, 0.25) is 11.8 Å². The molecule has 2 bridgehead atoms. The van der Waals surface area contributed by atoms with Gasteiger partial charge in [-0.15, -0.1) is 0 Å². The maximum Gasteiger partial charge on any atom is 0.284 e. The number of rotatable bonds is 11. The van der Waals surface area contributed by atoms with Gasteiger partial charge in [0, 0.05) is 49.7 Å². The number of imide groups is 2. The number of carbonyl (C=O) groups is 5. The topological polar surface area (TPSA) is 188 Å². The van der Waals surface area contributed by atoms with Gasteiger partial charge in [0.15, 0.2) is 11.3 Å². The van der Waals surface area contributed by atoms with Gasteiger partial charge in [-0.1, -0.05) is 6.07 Å². The van der Waals surface area contributed by atoms with Gasteiger partial charge in [0.25, 0.3) is 24.1 Å². The molecule has 5 fully saturated rings. The summed E-state index contributed by atoms with van der Waals surface area (Å²) in [5.74, 6) is -1.58. The molecule has 3 aromatic heterocycles. The van der Waals surface area contributed by atoms with Crippen LogP contribution < -0.4 is 20.9 Å². The number of alkyl halides is 2. The Labute approximate surface area is 342 Å². The van der Waals surface area contributed by atoms with E-state index in [1.165, 1.54) is 16.9 Å². The fourth-order valence-corrected chi connectivity index (χ4v) is 9.97. The van der Waals surface area contributed by atoms with Gasteiger partial charge in [0.05, 0.1) is 47.8 Å². The number of carbonyl (C=O) groups excluding carboxylic acids is 5. The van der Waals surface area contributed by atoms with Crippen molar-refractivity contribution in [2.24, 2.45) is 5.92 Å². The highest BCUT2D eigenvalue weighted by Gasteiger charge is 2.46. The summed E-state index contributed by atoms with van der Waals surface area (Å²) >= 11 is 0. The Hall–Kier alpha value is -5.82. The first-order valence-corrected chi connectivity index (χ1v) is 20.7. The summed E-state index contributed by atoms with van der Waals surface area (Å²) in [6.45, 7) is 2.24. The molecular formula is C41H45F2N11O6. The third kappa shape index (κ3) is 6.76. The number of anilines is 3. The van der Waals surface area contributed by atoms with Crippen molar-refractivity contribution in [1.29, 1.82) is 0 Å². The number of benzene rings is 1. The largest absolute Gasteiger partial charge is 0.382 e. The van der Waals surface area contributed by atoms with Gasteiger partial charge in [-0.05, 0) is 82.5 Å². The lowest BCUT2D eigenvalue weighted by molar-refractivity contribution is -0.136. The molecule has 7 heterocycles. The Balaban J connectivity index is 0.724. The summed E-state index contributed by atoms with van der Waals surface area (Å²) < 4.78 is 37.4. The third-order valence-corrected chi connectivity index (χ3v) is 13.3. The highest BCUT2D eigenvalue weighted by molar-refractivity contribution is 6.25. The van der Waals surface area contributed by atoms with Gasteiger partial charge in [-0.3, -0.25) is 38.9 Å². The molecule has 0 radical (unpaired) electrons. The predicted molar refractivity (Wildman–Crippen MR) is 211 cm³/mol. The molecule has 2 saturated carbocycles. The molecule has 17 nitrogen and oxygen atoms in total. The molecule has 1 aromatic carbocycles. The second-order valence-corrected chi connectivity index (χ2v) is 17.0. The van der Waals surface area contributed by atoms with Crippen molar-refractivity contribution in [2.75, 3.05) is 42.3 Å². The van der Waals surface area contributed by atoms with Crippen molar-refractivity contribution >= 4 is 52.4 Å². The van der Waals surface area contributed by atoms with Gasteiger partial charge >= 0.3 is 0 Å². The van der Waals surface area contributed by atoms with Crippen LogP contribution in [0.4, 0.5) is 26.0 Å². The zero-order chi connectivity index (χ0) is 41.4. The predicted octanol–water partition coefficient (Wildman–Crippen LogP) is 3.80. The van der Waals surface area contributed by atoms with Crippen molar-refractivity contribution in [3.8, 4) is 0 Å². The molecule has 3 atom stereocenters. The van der Waals surface area contributed by atoms with Crippen LogP contribution in [0.1, 0.15) is 107 Å². The van der Waals surface area contributed by atoms with Crippen molar-refractivity contribution in [3.05, 3.63) is 65.2 Å². The zero-order valence-electron chi connectivity index (χ0n) is 32.9. The number of nitrogens with zero attached hydrogens (tertiary/aromatic N) is 8. The van der Waals surface area contributed by atoms with Crippen LogP contribution in [0.5, 0.6) is 0 Å². The molecule has 4 aliphatic heterocycles. The summed E-state index contributed by atoms with van der Waals surface area (Å²) in [4.78, 5) is 74.7. The summed E-state index contributed by atoms with van der Waals surface area (Å²) in [6, 6.07) is 6.48. The number of nitrogens with one attached hydrogen (secondary N) is 3. The SMILES string of the molecule is CN(CC1CCC(n2cc(NC(=O)c3cnn4ccc(N5C[C@H]6C[C@@H]5CO6)nc34)c(C(F)F)n2)CC1)C1CC(Nc2cccc3c2C(=O)N(C2CCC(=O)NC2=O)C3=O)C1. The van der Waals surface area contributed by atoms with E-state index in [4.69, 9.17) is 9.72 Å². The lowest BCUT2D eigenvalue weighted by atomic mass is 9.82. The van der Waals surface area contributed by atoms with Crippen LogP contribution >= 0.6 is 0 Å². The van der Waals surface area contributed by atoms with Crippen molar-refractivity contribution in [2.45, 2.75) is 101 Å². The molecule has 1 unspecified atom stereocenters. The van der Waals surface area contributed by atoms with Gasteiger partial charge in [-0.2, -0.15) is 10.2 Å². The van der Waals surface area contributed by atoms with Crippen LogP contribution in [0.15, 0.2) is 42.9 Å². The van der Waals surface area contributed by atoms with E-state index in [-0.39, 0.29) is 59.4 Å². The average Bonchev–Trinajstić information content (AvgIpc) is 4.06. The minimum atomic E-state index is -2.88. The van der Waals surface area contributed by atoms with E-state index in [1.807, 2.05) is 6.07 Å². The summed E-state index contributed by atoms with van der Waals surface area (Å²) in [5, 5.41) is 16.9. The summed E-state index contributed by atoms with van der Waals surface area (Å²) in [6.07, 6.45) is 8.03. The number of fused-ring (bicyclic) bond motifs is 4. The van der Waals surface area contributed by atoms with E-state index in [1.54, 1.807) is 29.1 Å². The van der Waals surface area contributed by atoms with Gasteiger partial charge in [0.1, 0.15) is 17.4 Å². The minimum absolute atomic E-state index is 0.0300. The van der Waals surface area contributed by atoms with Crippen molar-refractivity contribution < 1.29 is 37.5 Å². The Bertz CT molecular complexity index is 2410. The zero-order valence-corrected chi connectivity index (χ0v) is 32.9. The van der Waals surface area contributed by atoms with E-state index >= 15 is 0 Å². The third-order valence-electron chi connectivity index (χ3n) is 13.3. The first-order chi connectivity index (χ1) is 29.0. The molecule has 4 aromatic rings. The van der Waals surface area contributed by atoms with E-state index in [2.05, 4.69) is 43.0 Å². The Morgan fingerprint density at radius 3 is 2.57 bits per heavy atom. The molecule has 3 saturated heterocycles. The number of aromatic nitrogens is 5. The van der Waals surface area contributed by atoms with E-state index < -0.39 is 47.7 Å². The van der Waals surface area contributed by atoms with Crippen LogP contribution in [0.3, 0.4) is 0 Å². The second-order valence-electron chi connectivity index (χ2n) is 17.0. The Morgan fingerprint density at radius 2 is 1.83 bits per heavy atom. The van der Waals surface area contributed by atoms with Crippen molar-refractivity contribution in [3.63, 3.8) is 0 Å². The molecule has 0 spiro atoms. The number of halogens is 2. The monoisotopic (exact) mass is 825 g/mol. The molecule has 10 rings (SSSR count). The number of amides is 5. The van der Waals surface area contributed by atoms with E-state index in [9.17, 15) is 32.8 Å². The Kier molecular flexibility index (Phi) is 9.61. The maximum absolute atomic E-state index is 14.3. The fourth-order valence-electron chi connectivity index (χ4n) is 9.97. The normalized spacial score (nSPS) is 27.6. The molecule has 60 heavy (non-hydrogen) atoms. The number of ether oxygens (including phenoxy) is 1. The fraction of sp³-hybridized carbons (Fsp3) is 0.512. The Morgan fingerprint density at radius 1 is 1.02 bits per heavy atom. The summed E-state index contributed by atoms with van der Waals surface area (Å²) in [5.41, 5.74) is 1.07. The molecule has 5 amide bonds. The number of piperidine rings is 1. The van der Waals surface area contributed by atoms with E-state index in [0.717, 1.165) is 68.8 Å². The molecule has 19 heteroatoms. The first kappa shape index (κ1) is 38.4. The maximum atomic E-state index is 14.3. The lowest BCUT2D eigenvalue weighted by Gasteiger charge is -2.44. The smallest absolute Gasteiger partial charge is 0.284 e. The summed E-state index contributed by atoms with van der Waals surface area (Å²) in [7, 11) is 2.11. The molecular weight excluding hydrogens is 781 g/mol. The second kappa shape index (κ2) is 15.0. The van der Waals surface area contributed by atoms with Crippen LogP contribution in [0.2, 0.25) is 0 Å². The van der Waals surface area contributed by atoms with Crippen LogP contribution in [-0.4, -0.2) is 121 Å². The molecule has 3 N–H and O–H groups in total. The van der Waals surface area contributed by atoms with Crippen LogP contribution in [0, 0.1) is 5.92 Å². The van der Waals surface area contributed by atoms with Crippen molar-refractivity contribution in [1.82, 2.24) is 39.5 Å². The lowest BCUT2D eigenvalue weighted by Crippen LogP contribution is -2.54.